The zero-order valence-electron chi connectivity index (χ0n) is 6.94. The van der Waals surface area contributed by atoms with Crippen LogP contribution in [-0.4, -0.2) is 0 Å². The van der Waals surface area contributed by atoms with Crippen LogP contribution in [0.25, 0.3) is 0 Å². The fourth-order valence-electron chi connectivity index (χ4n) is 1.02. The number of hydrogen-bond donors (Lipinski definition) is 0. The first-order valence-corrected chi connectivity index (χ1v) is 3.80. The van der Waals surface area contributed by atoms with E-state index in [0.29, 0.717) is 0 Å². The smallest absolute Gasteiger partial charge is 0.0307 e. The molecule has 0 amide bonds. The van der Waals surface area contributed by atoms with Crippen LogP contribution < -0.4 is 0 Å². The van der Waals surface area contributed by atoms with Gasteiger partial charge in [-0.25, -0.2) is 0 Å². The minimum absolute atomic E-state index is 1.14. The maximum atomic E-state index is 2.26. The third-order valence-electron chi connectivity index (χ3n) is 1.98. The molecule has 1 aromatic carbocycles. The molecule has 1 aromatic rings. The van der Waals surface area contributed by atoms with Crippen molar-refractivity contribution in [2.75, 3.05) is 0 Å². The highest BCUT2D eigenvalue weighted by Crippen LogP contribution is 2.09. The predicted octanol–water partition coefficient (Wildman–Crippen LogP) is 2.87. The highest BCUT2D eigenvalue weighted by Gasteiger charge is 1.92. The number of benzene rings is 1. The van der Waals surface area contributed by atoms with E-state index < -0.39 is 0 Å². The lowest BCUT2D eigenvalue weighted by Gasteiger charge is -2.01. The molecule has 0 unspecified atom stereocenters. The first kappa shape index (κ1) is 7.33. The Bertz CT molecular complexity index is 223. The lowest BCUT2D eigenvalue weighted by atomic mass is 10.1. The van der Waals surface area contributed by atoms with E-state index >= 15 is 0 Å². The molecule has 0 atom stereocenters. The molecule has 0 saturated heterocycles. The molecule has 54 valence electrons. The summed E-state index contributed by atoms with van der Waals surface area (Å²) in [6.45, 7) is 6.49. The van der Waals surface area contributed by atoms with Gasteiger partial charge in [0.25, 0.3) is 0 Å². The number of hydrogen-bond acceptors (Lipinski definition) is 0. The largest absolute Gasteiger partial charge is 0.0613 e. The summed E-state index contributed by atoms with van der Waals surface area (Å²) in [5, 5.41) is 0. The van der Waals surface area contributed by atoms with Crippen molar-refractivity contribution in [1.82, 2.24) is 0 Å². The third kappa shape index (κ3) is 1.38. The van der Waals surface area contributed by atoms with Gasteiger partial charge in [-0.2, -0.15) is 0 Å². The second kappa shape index (κ2) is 2.87. The number of rotatable bonds is 1. The van der Waals surface area contributed by atoms with Crippen molar-refractivity contribution in [2.24, 2.45) is 0 Å². The van der Waals surface area contributed by atoms with Crippen molar-refractivity contribution in [3.8, 4) is 0 Å². The molecule has 0 aliphatic rings. The minimum atomic E-state index is 1.14. The van der Waals surface area contributed by atoms with Gasteiger partial charge in [-0.1, -0.05) is 25.1 Å². The van der Waals surface area contributed by atoms with Gasteiger partial charge in [-0.3, -0.25) is 0 Å². The Morgan fingerprint density at radius 1 is 1.10 bits per heavy atom. The average molecular weight is 134 g/mol. The molecule has 0 radical (unpaired) electrons. The van der Waals surface area contributed by atoms with Gasteiger partial charge in [0, 0.05) is 0 Å². The van der Waals surface area contributed by atoms with E-state index in [1.54, 1.807) is 0 Å². The summed E-state index contributed by atoms with van der Waals surface area (Å²) >= 11 is 0. The molecule has 0 bridgehead atoms. The molecule has 0 heterocycles. The molecule has 1 rings (SSSR count). The van der Waals surface area contributed by atoms with Crippen molar-refractivity contribution in [1.29, 1.82) is 0 Å². The molecule has 0 aromatic heterocycles. The van der Waals surface area contributed by atoms with Gasteiger partial charge >= 0.3 is 0 Å². The summed E-state index contributed by atoms with van der Waals surface area (Å²) in [6.07, 6.45) is 1.14. The Hall–Kier alpha value is -0.780. The summed E-state index contributed by atoms with van der Waals surface area (Å²) in [4.78, 5) is 0. The fourth-order valence-corrected chi connectivity index (χ4v) is 1.02. The van der Waals surface area contributed by atoms with E-state index in [1.165, 1.54) is 16.7 Å². The summed E-state index contributed by atoms with van der Waals surface area (Å²) in [5.74, 6) is 0. The molecule has 0 saturated carbocycles. The highest BCUT2D eigenvalue weighted by molar-refractivity contribution is 5.29. The molecule has 10 heavy (non-hydrogen) atoms. The SMILES string of the molecule is CCc1ccc(C)c(C)c1. The maximum absolute atomic E-state index is 2.26. The number of aryl methyl sites for hydroxylation is 3. The van der Waals surface area contributed by atoms with Gasteiger partial charge in [0.05, 0.1) is 0 Å². The zero-order valence-corrected chi connectivity index (χ0v) is 6.94. The van der Waals surface area contributed by atoms with Crippen LogP contribution >= 0.6 is 0 Å². The van der Waals surface area contributed by atoms with Crippen LogP contribution in [0.15, 0.2) is 18.2 Å². The summed E-state index contributed by atoms with van der Waals surface area (Å²) in [6, 6.07) is 6.64. The fraction of sp³-hybridized carbons (Fsp3) is 0.400. The Balaban J connectivity index is 3.04. The van der Waals surface area contributed by atoms with Crippen LogP contribution in [0.5, 0.6) is 0 Å². The van der Waals surface area contributed by atoms with Gasteiger partial charge in [-0.15, -0.1) is 0 Å². The van der Waals surface area contributed by atoms with Crippen molar-refractivity contribution >= 4 is 0 Å². The van der Waals surface area contributed by atoms with E-state index in [4.69, 9.17) is 0 Å². The lowest BCUT2D eigenvalue weighted by Crippen LogP contribution is -1.84. The Morgan fingerprint density at radius 2 is 1.80 bits per heavy atom. The Labute approximate surface area is 62.9 Å². The molecule has 0 spiro atoms. The molecule has 0 fully saturated rings. The van der Waals surface area contributed by atoms with Crippen LogP contribution in [0.1, 0.15) is 23.6 Å². The van der Waals surface area contributed by atoms with E-state index in [0.717, 1.165) is 6.42 Å². The van der Waals surface area contributed by atoms with Crippen LogP contribution in [0.4, 0.5) is 0 Å². The second-order valence-electron chi connectivity index (χ2n) is 2.77. The predicted molar refractivity (Wildman–Crippen MR) is 45.3 cm³/mol. The Morgan fingerprint density at radius 3 is 2.30 bits per heavy atom. The quantitative estimate of drug-likeness (QED) is 0.554. The zero-order chi connectivity index (χ0) is 7.56. The standard InChI is InChI=1S/C10H14/c1-4-10-6-5-8(2)9(3)7-10/h5-7H,4H2,1-3H3. The van der Waals surface area contributed by atoms with Crippen LogP contribution in [0, 0.1) is 13.8 Å². The summed E-state index contributed by atoms with van der Waals surface area (Å²) in [7, 11) is 0. The summed E-state index contributed by atoms with van der Waals surface area (Å²) in [5.41, 5.74) is 4.22. The first-order valence-electron chi connectivity index (χ1n) is 3.80. The topological polar surface area (TPSA) is 0 Å². The van der Waals surface area contributed by atoms with Gasteiger partial charge < -0.3 is 0 Å². The first-order chi connectivity index (χ1) is 4.74. The van der Waals surface area contributed by atoms with Crippen LogP contribution in [0.2, 0.25) is 0 Å². The van der Waals surface area contributed by atoms with Crippen LogP contribution in [0.3, 0.4) is 0 Å². The van der Waals surface area contributed by atoms with Crippen molar-refractivity contribution in [3.05, 3.63) is 34.9 Å². The molecular weight excluding hydrogens is 120 g/mol. The van der Waals surface area contributed by atoms with Gasteiger partial charge in [0.1, 0.15) is 0 Å². The summed E-state index contributed by atoms with van der Waals surface area (Å²) < 4.78 is 0. The Kier molecular flexibility index (Phi) is 2.10. The molecule has 0 nitrogen and oxygen atoms in total. The third-order valence-corrected chi connectivity index (χ3v) is 1.98. The maximum Gasteiger partial charge on any atom is -0.0307 e. The lowest BCUT2D eigenvalue weighted by molar-refractivity contribution is 1.12. The van der Waals surface area contributed by atoms with E-state index in [1.807, 2.05) is 0 Å². The molecule has 0 N–H and O–H groups in total. The van der Waals surface area contributed by atoms with Crippen molar-refractivity contribution in [2.45, 2.75) is 27.2 Å². The van der Waals surface area contributed by atoms with Gasteiger partial charge in [0.15, 0.2) is 0 Å². The second-order valence-corrected chi connectivity index (χ2v) is 2.77. The van der Waals surface area contributed by atoms with Gasteiger partial charge in [0.2, 0.25) is 0 Å². The molecule has 0 aliphatic heterocycles. The monoisotopic (exact) mass is 134 g/mol. The van der Waals surface area contributed by atoms with Gasteiger partial charge in [-0.05, 0) is 37.0 Å². The molecule has 0 aliphatic carbocycles. The van der Waals surface area contributed by atoms with Crippen molar-refractivity contribution < 1.29 is 0 Å². The molecular formula is C10H14. The molecule has 0 heteroatoms. The normalized spacial score (nSPS) is 9.90. The average Bonchev–Trinajstić information content (AvgIpc) is 1.95. The van der Waals surface area contributed by atoms with E-state index in [2.05, 4.69) is 39.0 Å². The van der Waals surface area contributed by atoms with Crippen LogP contribution in [-0.2, 0) is 6.42 Å². The minimum Gasteiger partial charge on any atom is -0.0613 e. The van der Waals surface area contributed by atoms with E-state index in [9.17, 15) is 0 Å². The highest BCUT2D eigenvalue weighted by atomic mass is 14.0. The van der Waals surface area contributed by atoms with Crippen molar-refractivity contribution in [3.63, 3.8) is 0 Å². The van der Waals surface area contributed by atoms with E-state index in [-0.39, 0.29) is 0 Å².